The van der Waals surface area contributed by atoms with Crippen molar-refractivity contribution in [2.75, 3.05) is 4.90 Å². The third-order valence-corrected chi connectivity index (χ3v) is 17.5. The van der Waals surface area contributed by atoms with E-state index in [-0.39, 0.29) is 5.41 Å². The first-order chi connectivity index (χ1) is 27.2. The van der Waals surface area contributed by atoms with E-state index in [0.717, 1.165) is 35.5 Å². The van der Waals surface area contributed by atoms with Gasteiger partial charge in [0.25, 0.3) is 0 Å². The Kier molecular flexibility index (Phi) is 6.56. The van der Waals surface area contributed by atoms with Crippen LogP contribution in [-0.2, 0) is 23.3 Å². The molecule has 9 aliphatic rings. The average molecular weight is 733 g/mol. The van der Waals surface area contributed by atoms with Gasteiger partial charge in [0.2, 0.25) is 0 Å². The Hall–Kier alpha value is -4.30. The zero-order valence-electron chi connectivity index (χ0n) is 33.7. The first-order valence-electron chi connectivity index (χ1n) is 22.4. The highest BCUT2D eigenvalue weighted by Crippen LogP contribution is 2.62. The summed E-state index contributed by atoms with van der Waals surface area (Å²) in [5.74, 6) is 5.74. The van der Waals surface area contributed by atoms with Gasteiger partial charge < -0.3 is 9.47 Å². The largest absolute Gasteiger partial charge is 0.343 e. The smallest absolute Gasteiger partial charge is 0.0536 e. The van der Waals surface area contributed by atoms with E-state index in [9.17, 15) is 0 Å². The second-order valence-corrected chi connectivity index (χ2v) is 21.1. The van der Waals surface area contributed by atoms with Gasteiger partial charge in [-0.05, 0) is 199 Å². The van der Waals surface area contributed by atoms with Crippen molar-refractivity contribution in [2.45, 2.75) is 107 Å². The van der Waals surface area contributed by atoms with Crippen molar-refractivity contribution < 1.29 is 0 Å². The molecule has 6 aromatic rings. The Bertz CT molecular complexity index is 2420. The average Bonchev–Trinajstić information content (AvgIpc) is 3.60. The van der Waals surface area contributed by atoms with Crippen LogP contribution in [0.4, 0.5) is 17.1 Å². The Balaban J connectivity index is 0.923. The molecule has 0 aliphatic heterocycles. The third kappa shape index (κ3) is 4.45. The van der Waals surface area contributed by atoms with Crippen LogP contribution >= 0.6 is 0 Å². The minimum Gasteiger partial charge on any atom is -0.343 e. The second-order valence-electron chi connectivity index (χ2n) is 21.1. The van der Waals surface area contributed by atoms with Gasteiger partial charge in [0.1, 0.15) is 0 Å². The lowest BCUT2D eigenvalue weighted by molar-refractivity contribution is -0.00529. The predicted octanol–water partition coefficient (Wildman–Crippen LogP) is 14.0. The number of benzene rings is 5. The van der Waals surface area contributed by atoms with Gasteiger partial charge in [-0.3, -0.25) is 0 Å². The van der Waals surface area contributed by atoms with Crippen LogP contribution < -0.4 is 4.90 Å². The van der Waals surface area contributed by atoms with E-state index in [2.05, 4.69) is 133 Å². The van der Waals surface area contributed by atoms with Crippen molar-refractivity contribution in [3.05, 3.63) is 125 Å². The van der Waals surface area contributed by atoms with E-state index in [1.54, 1.807) is 11.1 Å². The molecule has 0 amide bonds. The maximum atomic E-state index is 2.58. The van der Waals surface area contributed by atoms with Crippen LogP contribution in [0.2, 0.25) is 0 Å². The highest BCUT2D eigenvalue weighted by atomic mass is 15.1. The summed E-state index contributed by atoms with van der Waals surface area (Å²) >= 11 is 0. The second kappa shape index (κ2) is 11.2. The van der Waals surface area contributed by atoms with Crippen LogP contribution in [-0.4, -0.2) is 4.57 Å². The number of anilines is 3. The third-order valence-electron chi connectivity index (χ3n) is 17.5. The van der Waals surface area contributed by atoms with Crippen LogP contribution in [0.3, 0.4) is 0 Å². The van der Waals surface area contributed by atoms with E-state index in [1.807, 2.05) is 0 Å². The van der Waals surface area contributed by atoms with E-state index in [0.29, 0.717) is 10.8 Å². The van der Waals surface area contributed by atoms with Crippen molar-refractivity contribution in [3.63, 3.8) is 0 Å². The van der Waals surface area contributed by atoms with Gasteiger partial charge in [-0.15, -0.1) is 0 Å². The lowest BCUT2D eigenvalue weighted by Gasteiger charge is -2.57. The Labute approximate surface area is 333 Å². The summed E-state index contributed by atoms with van der Waals surface area (Å²) in [5, 5.41) is 2.71. The molecule has 15 rings (SSSR count). The zero-order valence-corrected chi connectivity index (χ0v) is 33.7. The van der Waals surface area contributed by atoms with Crippen molar-refractivity contribution in [3.8, 4) is 11.1 Å². The molecule has 5 aromatic carbocycles. The molecular formula is C54H56N2. The van der Waals surface area contributed by atoms with Crippen molar-refractivity contribution in [1.82, 2.24) is 4.57 Å². The summed E-state index contributed by atoms with van der Waals surface area (Å²) in [6, 6.07) is 41.2. The van der Waals surface area contributed by atoms with E-state index in [1.165, 1.54) is 138 Å². The molecule has 1 heterocycles. The molecule has 0 N–H and O–H groups in total. The number of aromatic nitrogens is 1. The first-order valence-corrected chi connectivity index (χ1v) is 22.4. The molecule has 0 saturated heterocycles. The lowest BCUT2D eigenvalue weighted by Crippen LogP contribution is -2.48. The Morgan fingerprint density at radius 2 is 0.964 bits per heavy atom. The number of para-hydroxylation sites is 1. The number of fused-ring (bicyclic) bond motifs is 7. The summed E-state index contributed by atoms with van der Waals surface area (Å²) in [5.41, 5.74) is 16.1. The van der Waals surface area contributed by atoms with Crippen molar-refractivity contribution in [1.29, 1.82) is 0 Å². The molecule has 8 fully saturated rings. The molecule has 2 nitrogen and oxygen atoms in total. The quantitative estimate of drug-likeness (QED) is 0.171. The van der Waals surface area contributed by atoms with Crippen molar-refractivity contribution in [2.24, 2.45) is 42.6 Å². The number of hydrogen-bond acceptors (Lipinski definition) is 1. The maximum absolute atomic E-state index is 2.58. The summed E-state index contributed by atoms with van der Waals surface area (Å²) in [6.45, 7) is 4.92. The van der Waals surface area contributed by atoms with E-state index in [4.69, 9.17) is 0 Å². The molecule has 1 aromatic heterocycles. The summed E-state index contributed by atoms with van der Waals surface area (Å²) < 4.78 is 2.45. The molecular weight excluding hydrogens is 677 g/mol. The Morgan fingerprint density at radius 1 is 0.500 bits per heavy atom. The minimum atomic E-state index is -0.140. The fraction of sp³-hybridized carbons (Fsp3) is 0.444. The summed E-state index contributed by atoms with van der Waals surface area (Å²) in [6.07, 6.45) is 17.5. The SMILES string of the molecule is Cn1c2ccccc2c2ccc3c(c21)C(C)(C)c1cc(N(c2ccc(C45CC6CC(CC(C6)C4)C5)cc2)c2ccc(C45CC6CC(CC(C6)C4)C5)cc2)ccc1-3. The van der Waals surface area contributed by atoms with E-state index >= 15 is 0 Å². The minimum absolute atomic E-state index is 0.140. The monoisotopic (exact) mass is 732 g/mol. The Morgan fingerprint density at radius 3 is 1.48 bits per heavy atom. The molecule has 8 saturated carbocycles. The molecule has 0 spiro atoms. The number of rotatable bonds is 5. The molecule has 9 aliphatic carbocycles. The van der Waals surface area contributed by atoms with Crippen LogP contribution in [0.1, 0.15) is 113 Å². The van der Waals surface area contributed by atoms with Gasteiger partial charge in [-0.1, -0.05) is 74.5 Å². The topological polar surface area (TPSA) is 8.17 Å². The summed E-state index contributed by atoms with van der Waals surface area (Å²) in [4.78, 5) is 2.58. The van der Waals surface area contributed by atoms with Gasteiger partial charge >= 0.3 is 0 Å². The molecule has 8 bridgehead atoms. The fourth-order valence-electron chi connectivity index (χ4n) is 16.0. The highest BCUT2D eigenvalue weighted by molar-refractivity contribution is 6.12. The van der Waals surface area contributed by atoms with Crippen LogP contribution in [0.25, 0.3) is 32.9 Å². The molecule has 56 heavy (non-hydrogen) atoms. The molecule has 282 valence electrons. The number of nitrogens with zero attached hydrogens (tertiary/aromatic N) is 2. The molecule has 0 atom stereocenters. The van der Waals surface area contributed by atoms with Gasteiger partial charge in [-0.25, -0.2) is 0 Å². The molecule has 2 heteroatoms. The highest BCUT2D eigenvalue weighted by Gasteiger charge is 2.53. The lowest BCUT2D eigenvalue weighted by atomic mass is 9.48. The molecule has 0 radical (unpaired) electrons. The van der Waals surface area contributed by atoms with Gasteiger partial charge in [-0.2, -0.15) is 0 Å². The fourth-order valence-corrected chi connectivity index (χ4v) is 16.0. The van der Waals surface area contributed by atoms with E-state index < -0.39 is 0 Å². The zero-order chi connectivity index (χ0) is 37.1. The normalized spacial score (nSPS) is 32.7. The predicted molar refractivity (Wildman–Crippen MR) is 232 cm³/mol. The van der Waals surface area contributed by atoms with Crippen LogP contribution in [0.5, 0.6) is 0 Å². The van der Waals surface area contributed by atoms with Gasteiger partial charge in [0.05, 0.1) is 5.52 Å². The van der Waals surface area contributed by atoms with Gasteiger partial charge in [0, 0.05) is 45.8 Å². The van der Waals surface area contributed by atoms with Crippen molar-refractivity contribution >= 4 is 38.9 Å². The summed E-state index contributed by atoms with van der Waals surface area (Å²) in [7, 11) is 2.26. The number of aryl methyl sites for hydroxylation is 1. The maximum Gasteiger partial charge on any atom is 0.0536 e. The van der Waals surface area contributed by atoms with Crippen LogP contribution in [0.15, 0.2) is 103 Å². The molecule has 0 unspecified atom stereocenters. The van der Waals surface area contributed by atoms with Crippen LogP contribution in [0, 0.1) is 35.5 Å². The standard InChI is InChI=1S/C54H56N2/c1-52(2)48-26-43(16-17-44(48)46-18-19-47-45-6-4-5-7-49(45)55(3)51(47)50(46)52)56(41-12-8-39(9-13-41)53-27-33-20-34(28-53)22-35(21-33)29-53)42-14-10-40(11-15-42)54-30-36-23-37(31-54)25-38(24-36)32-54/h4-19,26,33-38H,20-25,27-32H2,1-3H3. The first kappa shape index (κ1) is 32.8. The number of hydrogen-bond donors (Lipinski definition) is 0. The van der Waals surface area contributed by atoms with Gasteiger partial charge in [0.15, 0.2) is 0 Å².